The SMILES string of the molecule is CCC(C(=O)Nc1ccc(-n2ccnc2C)nc1)c1ccccc1. The van der Waals surface area contributed by atoms with Crippen molar-refractivity contribution in [3.8, 4) is 5.82 Å². The van der Waals surface area contributed by atoms with Gasteiger partial charge in [-0.3, -0.25) is 9.36 Å². The van der Waals surface area contributed by atoms with Crippen LogP contribution in [0.25, 0.3) is 5.82 Å². The van der Waals surface area contributed by atoms with Crippen LogP contribution in [-0.2, 0) is 4.79 Å². The molecule has 2 heterocycles. The molecule has 0 saturated carbocycles. The van der Waals surface area contributed by atoms with E-state index in [2.05, 4.69) is 15.3 Å². The molecule has 5 nitrogen and oxygen atoms in total. The molecule has 3 rings (SSSR count). The second-order valence-electron chi connectivity index (χ2n) is 5.61. The summed E-state index contributed by atoms with van der Waals surface area (Å²) in [5, 5.41) is 2.95. The Bertz CT molecular complexity index is 809. The predicted octanol–water partition coefficient (Wildman–Crippen LogP) is 3.71. The molecule has 1 atom stereocenters. The van der Waals surface area contributed by atoms with E-state index in [9.17, 15) is 4.79 Å². The average Bonchev–Trinajstić information content (AvgIpc) is 3.03. The third-order valence-electron chi connectivity index (χ3n) is 4.01. The fraction of sp³-hybridized carbons (Fsp3) is 0.211. The number of pyridine rings is 1. The standard InChI is InChI=1S/C19H20N4O/c1-3-17(15-7-5-4-6-8-15)19(24)22-16-9-10-18(21-13-16)23-12-11-20-14(23)2/h4-13,17H,3H2,1-2H3,(H,22,24). The number of nitrogens with zero attached hydrogens (tertiary/aromatic N) is 3. The quantitative estimate of drug-likeness (QED) is 0.779. The lowest BCUT2D eigenvalue weighted by molar-refractivity contribution is -0.117. The minimum absolute atomic E-state index is 0.0166. The highest BCUT2D eigenvalue weighted by Gasteiger charge is 2.18. The van der Waals surface area contributed by atoms with Gasteiger partial charge in [-0.2, -0.15) is 0 Å². The Labute approximate surface area is 141 Å². The second kappa shape index (κ2) is 7.08. The molecule has 0 aliphatic rings. The smallest absolute Gasteiger partial charge is 0.231 e. The van der Waals surface area contributed by atoms with Crippen LogP contribution in [0, 0.1) is 6.92 Å². The molecule has 0 radical (unpaired) electrons. The van der Waals surface area contributed by atoms with E-state index in [0.717, 1.165) is 23.6 Å². The van der Waals surface area contributed by atoms with Crippen LogP contribution >= 0.6 is 0 Å². The van der Waals surface area contributed by atoms with Crippen molar-refractivity contribution in [1.29, 1.82) is 0 Å². The number of aryl methyl sites for hydroxylation is 1. The number of nitrogens with one attached hydrogen (secondary N) is 1. The summed E-state index contributed by atoms with van der Waals surface area (Å²) >= 11 is 0. The molecule has 0 fully saturated rings. The highest BCUT2D eigenvalue weighted by Crippen LogP contribution is 2.21. The van der Waals surface area contributed by atoms with Crippen molar-refractivity contribution in [2.24, 2.45) is 0 Å². The molecule has 24 heavy (non-hydrogen) atoms. The summed E-state index contributed by atoms with van der Waals surface area (Å²) < 4.78 is 1.89. The van der Waals surface area contributed by atoms with Crippen molar-refractivity contribution in [3.63, 3.8) is 0 Å². The van der Waals surface area contributed by atoms with Crippen molar-refractivity contribution in [1.82, 2.24) is 14.5 Å². The van der Waals surface area contributed by atoms with Gasteiger partial charge in [-0.1, -0.05) is 37.3 Å². The van der Waals surface area contributed by atoms with Gasteiger partial charge in [0.1, 0.15) is 11.6 Å². The Morgan fingerprint density at radius 3 is 2.54 bits per heavy atom. The molecule has 0 saturated heterocycles. The fourth-order valence-corrected chi connectivity index (χ4v) is 2.71. The van der Waals surface area contributed by atoms with Crippen LogP contribution in [0.1, 0.15) is 30.7 Å². The number of hydrogen-bond donors (Lipinski definition) is 1. The van der Waals surface area contributed by atoms with Crippen molar-refractivity contribution in [2.45, 2.75) is 26.2 Å². The lowest BCUT2D eigenvalue weighted by atomic mass is 9.95. The van der Waals surface area contributed by atoms with Gasteiger partial charge in [-0.15, -0.1) is 0 Å². The first-order chi connectivity index (χ1) is 11.7. The van der Waals surface area contributed by atoms with Gasteiger partial charge in [0.25, 0.3) is 0 Å². The Kier molecular flexibility index (Phi) is 4.70. The van der Waals surface area contributed by atoms with Crippen molar-refractivity contribution in [2.75, 3.05) is 5.32 Å². The molecule has 122 valence electrons. The molecule has 0 spiro atoms. The fourth-order valence-electron chi connectivity index (χ4n) is 2.71. The number of benzene rings is 1. The Morgan fingerprint density at radius 1 is 1.17 bits per heavy atom. The van der Waals surface area contributed by atoms with E-state index in [0.29, 0.717) is 5.69 Å². The third kappa shape index (κ3) is 3.35. The monoisotopic (exact) mass is 320 g/mol. The molecule has 1 unspecified atom stereocenters. The second-order valence-corrected chi connectivity index (χ2v) is 5.61. The van der Waals surface area contributed by atoms with E-state index < -0.39 is 0 Å². The van der Waals surface area contributed by atoms with Crippen LogP contribution in [0.4, 0.5) is 5.69 Å². The van der Waals surface area contributed by atoms with E-state index >= 15 is 0 Å². The van der Waals surface area contributed by atoms with Crippen LogP contribution in [0.3, 0.4) is 0 Å². The zero-order chi connectivity index (χ0) is 16.9. The number of carbonyl (C=O) groups excluding carboxylic acids is 1. The number of amides is 1. The van der Waals surface area contributed by atoms with Crippen LogP contribution < -0.4 is 5.32 Å². The number of hydrogen-bond acceptors (Lipinski definition) is 3. The van der Waals surface area contributed by atoms with Crippen molar-refractivity contribution < 1.29 is 4.79 Å². The first kappa shape index (κ1) is 15.9. The minimum atomic E-state index is -0.165. The van der Waals surface area contributed by atoms with E-state index in [-0.39, 0.29) is 11.8 Å². The number of anilines is 1. The first-order valence-electron chi connectivity index (χ1n) is 8.01. The maximum atomic E-state index is 12.6. The molecular weight excluding hydrogens is 300 g/mol. The average molecular weight is 320 g/mol. The third-order valence-corrected chi connectivity index (χ3v) is 4.01. The zero-order valence-corrected chi connectivity index (χ0v) is 13.8. The predicted molar refractivity (Wildman–Crippen MR) is 94.2 cm³/mol. The molecule has 0 bridgehead atoms. The first-order valence-corrected chi connectivity index (χ1v) is 8.01. The van der Waals surface area contributed by atoms with Crippen LogP contribution in [0.2, 0.25) is 0 Å². The van der Waals surface area contributed by atoms with Gasteiger partial charge in [-0.25, -0.2) is 9.97 Å². The van der Waals surface area contributed by atoms with Gasteiger partial charge in [0.05, 0.1) is 17.8 Å². The summed E-state index contributed by atoms with van der Waals surface area (Å²) in [5.41, 5.74) is 1.71. The van der Waals surface area contributed by atoms with E-state index in [1.807, 2.05) is 67.1 Å². The van der Waals surface area contributed by atoms with E-state index in [1.165, 1.54) is 0 Å². The van der Waals surface area contributed by atoms with E-state index in [4.69, 9.17) is 0 Å². The van der Waals surface area contributed by atoms with Crippen LogP contribution in [0.5, 0.6) is 0 Å². The highest BCUT2D eigenvalue weighted by atomic mass is 16.1. The number of carbonyl (C=O) groups is 1. The summed E-state index contributed by atoms with van der Waals surface area (Å²) in [5.74, 6) is 1.46. The molecular formula is C19H20N4O. The zero-order valence-electron chi connectivity index (χ0n) is 13.8. The van der Waals surface area contributed by atoms with Gasteiger partial charge < -0.3 is 5.32 Å². The van der Waals surface area contributed by atoms with Crippen molar-refractivity contribution in [3.05, 3.63) is 72.4 Å². The Morgan fingerprint density at radius 2 is 1.96 bits per heavy atom. The molecule has 2 aromatic heterocycles. The molecule has 3 aromatic rings. The lowest BCUT2D eigenvalue weighted by Crippen LogP contribution is -2.20. The molecule has 0 aliphatic carbocycles. The molecule has 1 N–H and O–H groups in total. The van der Waals surface area contributed by atoms with Crippen LogP contribution in [0.15, 0.2) is 61.1 Å². The summed E-state index contributed by atoms with van der Waals surface area (Å²) in [6.07, 6.45) is 6.01. The molecule has 0 aliphatic heterocycles. The summed E-state index contributed by atoms with van der Waals surface area (Å²) in [7, 11) is 0. The number of imidazole rings is 1. The topological polar surface area (TPSA) is 59.8 Å². The maximum Gasteiger partial charge on any atom is 0.231 e. The van der Waals surface area contributed by atoms with Gasteiger partial charge >= 0.3 is 0 Å². The van der Waals surface area contributed by atoms with Crippen molar-refractivity contribution >= 4 is 11.6 Å². The minimum Gasteiger partial charge on any atom is -0.324 e. The van der Waals surface area contributed by atoms with Gasteiger partial charge in [-0.05, 0) is 31.0 Å². The van der Waals surface area contributed by atoms with E-state index in [1.54, 1.807) is 12.4 Å². The summed E-state index contributed by atoms with van der Waals surface area (Å²) in [6.45, 7) is 3.93. The normalized spacial score (nSPS) is 11.9. The molecule has 1 aromatic carbocycles. The largest absolute Gasteiger partial charge is 0.324 e. The number of rotatable bonds is 5. The summed E-state index contributed by atoms with van der Waals surface area (Å²) in [4.78, 5) is 21.1. The summed E-state index contributed by atoms with van der Waals surface area (Å²) in [6, 6.07) is 13.6. The van der Waals surface area contributed by atoms with Crippen LogP contribution in [-0.4, -0.2) is 20.4 Å². The molecule has 5 heteroatoms. The van der Waals surface area contributed by atoms with Gasteiger partial charge in [0, 0.05) is 12.4 Å². The maximum absolute atomic E-state index is 12.6. The molecule has 1 amide bonds. The number of aromatic nitrogens is 3. The lowest BCUT2D eigenvalue weighted by Gasteiger charge is -2.15. The van der Waals surface area contributed by atoms with Gasteiger partial charge in [0.15, 0.2) is 0 Å². The Hall–Kier alpha value is -2.95. The van der Waals surface area contributed by atoms with Gasteiger partial charge in [0.2, 0.25) is 5.91 Å². The highest BCUT2D eigenvalue weighted by molar-refractivity contribution is 5.95. The Balaban J connectivity index is 1.73.